The van der Waals surface area contributed by atoms with Crippen molar-refractivity contribution in [2.75, 3.05) is 32.8 Å². The van der Waals surface area contributed by atoms with Crippen LogP contribution in [0.3, 0.4) is 0 Å². The molecule has 1 saturated heterocycles. The summed E-state index contributed by atoms with van der Waals surface area (Å²) in [6, 6.07) is 0. The van der Waals surface area contributed by atoms with Gasteiger partial charge in [-0.1, -0.05) is 27.7 Å². The molecule has 0 aromatic carbocycles. The Kier molecular flexibility index (Phi) is 3.79. The summed E-state index contributed by atoms with van der Waals surface area (Å²) in [7, 11) is 0. The molecule has 3 heteroatoms. The third-order valence-corrected chi connectivity index (χ3v) is 4.65. The highest BCUT2D eigenvalue weighted by molar-refractivity contribution is 5.04. The number of rotatable bonds is 2. The fourth-order valence-corrected chi connectivity index (χ4v) is 4.84. The minimum absolute atomic E-state index is 0.00729. The number of piperazine rings is 1. The van der Waals surface area contributed by atoms with Crippen LogP contribution in [0.5, 0.6) is 0 Å². The lowest BCUT2D eigenvalue weighted by Gasteiger charge is -2.56. The molecule has 2 aliphatic rings. The molecule has 2 N–H and O–H groups in total. The van der Waals surface area contributed by atoms with Gasteiger partial charge in [0.15, 0.2) is 0 Å². The van der Waals surface area contributed by atoms with Crippen molar-refractivity contribution in [2.24, 2.45) is 10.8 Å². The average molecular weight is 254 g/mol. The predicted octanol–water partition coefficient (Wildman–Crippen LogP) is 1.86. The van der Waals surface area contributed by atoms with Crippen molar-refractivity contribution in [3.05, 3.63) is 0 Å². The van der Waals surface area contributed by atoms with Gasteiger partial charge in [-0.05, 0) is 30.1 Å². The quantitative estimate of drug-likeness (QED) is 0.789. The molecule has 0 aromatic heterocycles. The third-order valence-electron chi connectivity index (χ3n) is 4.65. The lowest BCUT2D eigenvalue weighted by atomic mass is 9.58. The van der Waals surface area contributed by atoms with Gasteiger partial charge >= 0.3 is 0 Å². The molecule has 0 amide bonds. The lowest BCUT2D eigenvalue weighted by Crippen LogP contribution is -2.63. The molecule has 106 valence electrons. The van der Waals surface area contributed by atoms with Crippen LogP contribution in [0.15, 0.2) is 0 Å². The summed E-state index contributed by atoms with van der Waals surface area (Å²) < 4.78 is 0. The van der Waals surface area contributed by atoms with E-state index in [2.05, 4.69) is 37.9 Å². The van der Waals surface area contributed by atoms with Crippen molar-refractivity contribution >= 4 is 0 Å². The number of nitrogens with zero attached hydrogens (tertiary/aromatic N) is 1. The van der Waals surface area contributed by atoms with E-state index in [0.717, 1.165) is 39.0 Å². The lowest BCUT2D eigenvalue weighted by molar-refractivity contribution is -0.0800. The van der Waals surface area contributed by atoms with E-state index in [-0.39, 0.29) is 5.54 Å². The monoisotopic (exact) mass is 254 g/mol. The molecule has 2 fully saturated rings. The van der Waals surface area contributed by atoms with E-state index in [1.807, 2.05) is 0 Å². The van der Waals surface area contributed by atoms with Crippen LogP contribution >= 0.6 is 0 Å². The minimum atomic E-state index is 0.00729. The Bertz CT molecular complexity index is 277. The molecule has 0 atom stereocenters. The van der Waals surface area contributed by atoms with Crippen molar-refractivity contribution in [1.82, 2.24) is 10.2 Å². The number of aliphatic hydroxyl groups is 1. The standard InChI is InChI=1S/C15H30N2O/c1-13(2)9-14(3,4)11-15(10-13,12-18)17-7-5-16-6-8-17/h16,18H,5-12H2,1-4H3. The molecule has 3 nitrogen and oxygen atoms in total. The van der Waals surface area contributed by atoms with Gasteiger partial charge in [0, 0.05) is 31.7 Å². The molecule has 1 aliphatic carbocycles. The highest BCUT2D eigenvalue weighted by Crippen LogP contribution is 2.52. The Labute approximate surface area is 112 Å². The Balaban J connectivity index is 2.24. The molecule has 2 rings (SSSR count). The van der Waals surface area contributed by atoms with Crippen LogP contribution in [0.25, 0.3) is 0 Å². The number of hydrogen-bond acceptors (Lipinski definition) is 3. The van der Waals surface area contributed by atoms with E-state index in [0.29, 0.717) is 17.4 Å². The summed E-state index contributed by atoms with van der Waals surface area (Å²) in [5.74, 6) is 0. The maximum Gasteiger partial charge on any atom is 0.0615 e. The van der Waals surface area contributed by atoms with Gasteiger partial charge in [0.2, 0.25) is 0 Å². The van der Waals surface area contributed by atoms with E-state index < -0.39 is 0 Å². The zero-order valence-corrected chi connectivity index (χ0v) is 12.6. The topological polar surface area (TPSA) is 35.5 Å². The van der Waals surface area contributed by atoms with Crippen molar-refractivity contribution in [2.45, 2.75) is 52.5 Å². The molecule has 1 heterocycles. The fourth-order valence-electron chi connectivity index (χ4n) is 4.84. The van der Waals surface area contributed by atoms with Crippen LogP contribution in [0.1, 0.15) is 47.0 Å². The number of nitrogens with one attached hydrogen (secondary N) is 1. The Morgan fingerprint density at radius 2 is 1.44 bits per heavy atom. The summed E-state index contributed by atoms with van der Waals surface area (Å²) in [5, 5.41) is 13.5. The third kappa shape index (κ3) is 2.89. The Morgan fingerprint density at radius 3 is 1.89 bits per heavy atom. The summed E-state index contributed by atoms with van der Waals surface area (Å²) in [6.07, 6.45) is 3.51. The summed E-state index contributed by atoms with van der Waals surface area (Å²) >= 11 is 0. The average Bonchev–Trinajstić information content (AvgIpc) is 2.26. The SMILES string of the molecule is CC1(C)CC(C)(C)CC(CO)(N2CCNCC2)C1. The maximum atomic E-state index is 10.1. The van der Waals surface area contributed by atoms with Crippen LogP contribution in [0.2, 0.25) is 0 Å². The predicted molar refractivity (Wildman–Crippen MR) is 75.7 cm³/mol. The summed E-state index contributed by atoms with van der Waals surface area (Å²) in [6.45, 7) is 14.0. The van der Waals surface area contributed by atoms with Crippen molar-refractivity contribution in [1.29, 1.82) is 0 Å². The zero-order chi connectivity index (χ0) is 13.4. The zero-order valence-electron chi connectivity index (χ0n) is 12.6. The minimum Gasteiger partial charge on any atom is -0.394 e. The number of aliphatic hydroxyl groups excluding tert-OH is 1. The Morgan fingerprint density at radius 1 is 0.944 bits per heavy atom. The van der Waals surface area contributed by atoms with Gasteiger partial charge in [0.25, 0.3) is 0 Å². The van der Waals surface area contributed by atoms with Crippen LogP contribution in [-0.2, 0) is 0 Å². The molecule has 18 heavy (non-hydrogen) atoms. The van der Waals surface area contributed by atoms with Crippen molar-refractivity contribution < 1.29 is 5.11 Å². The second kappa shape index (κ2) is 4.77. The van der Waals surface area contributed by atoms with Crippen molar-refractivity contribution in [3.8, 4) is 0 Å². The van der Waals surface area contributed by atoms with Gasteiger partial charge in [-0.3, -0.25) is 4.90 Å². The fraction of sp³-hybridized carbons (Fsp3) is 1.00. The second-order valence-electron chi connectivity index (χ2n) is 7.98. The molecule has 0 unspecified atom stereocenters. The summed E-state index contributed by atoms with van der Waals surface area (Å²) in [4.78, 5) is 2.55. The van der Waals surface area contributed by atoms with Gasteiger partial charge in [0.1, 0.15) is 0 Å². The molecule has 0 bridgehead atoms. The number of hydrogen-bond donors (Lipinski definition) is 2. The van der Waals surface area contributed by atoms with Gasteiger partial charge in [-0.25, -0.2) is 0 Å². The molecular formula is C15H30N2O. The summed E-state index contributed by atoms with van der Waals surface area (Å²) in [5.41, 5.74) is 0.665. The largest absolute Gasteiger partial charge is 0.394 e. The first-order valence-electron chi connectivity index (χ1n) is 7.35. The molecule has 1 aliphatic heterocycles. The molecule has 1 saturated carbocycles. The van der Waals surface area contributed by atoms with Gasteiger partial charge in [-0.2, -0.15) is 0 Å². The second-order valence-corrected chi connectivity index (χ2v) is 7.98. The first-order valence-corrected chi connectivity index (χ1v) is 7.35. The highest BCUT2D eigenvalue weighted by atomic mass is 16.3. The van der Waals surface area contributed by atoms with E-state index in [9.17, 15) is 5.11 Å². The van der Waals surface area contributed by atoms with E-state index in [1.54, 1.807) is 0 Å². The molecule has 0 spiro atoms. The van der Waals surface area contributed by atoms with E-state index in [4.69, 9.17) is 0 Å². The smallest absolute Gasteiger partial charge is 0.0615 e. The van der Waals surface area contributed by atoms with E-state index >= 15 is 0 Å². The van der Waals surface area contributed by atoms with Crippen LogP contribution in [0.4, 0.5) is 0 Å². The normalized spacial score (nSPS) is 31.2. The molecule has 0 radical (unpaired) electrons. The van der Waals surface area contributed by atoms with E-state index in [1.165, 1.54) is 6.42 Å². The first-order chi connectivity index (χ1) is 8.29. The highest BCUT2D eigenvalue weighted by Gasteiger charge is 2.50. The van der Waals surface area contributed by atoms with Gasteiger partial charge in [-0.15, -0.1) is 0 Å². The van der Waals surface area contributed by atoms with Crippen LogP contribution in [0, 0.1) is 10.8 Å². The first kappa shape index (κ1) is 14.3. The van der Waals surface area contributed by atoms with Crippen molar-refractivity contribution in [3.63, 3.8) is 0 Å². The van der Waals surface area contributed by atoms with Gasteiger partial charge in [0.05, 0.1) is 6.61 Å². The molecule has 0 aromatic rings. The van der Waals surface area contributed by atoms with Gasteiger partial charge < -0.3 is 10.4 Å². The van der Waals surface area contributed by atoms with Crippen LogP contribution in [-0.4, -0.2) is 48.3 Å². The molecular weight excluding hydrogens is 224 g/mol. The maximum absolute atomic E-state index is 10.1. The Hall–Kier alpha value is -0.120. The van der Waals surface area contributed by atoms with Crippen LogP contribution < -0.4 is 5.32 Å².